The minimum absolute atomic E-state index is 0.0233. The lowest BCUT2D eigenvalue weighted by molar-refractivity contribution is 0.673. The van der Waals surface area contributed by atoms with E-state index in [9.17, 15) is 8.22 Å². The van der Waals surface area contributed by atoms with Crippen molar-refractivity contribution in [2.45, 2.75) is 0 Å². The second-order valence-electron chi connectivity index (χ2n) is 11.1. The quantitative estimate of drug-likeness (QED) is 0.183. The van der Waals surface area contributed by atoms with Gasteiger partial charge in [0, 0.05) is 33.2 Å². The highest BCUT2D eigenvalue weighted by molar-refractivity contribution is 6.19. The Kier molecular flexibility index (Phi) is 4.29. The minimum Gasteiger partial charge on any atom is -0.455 e. The molecule has 2 heteroatoms. The molecule has 0 aliphatic rings. The molecule has 0 atom stereocenters. The number of fused-ring (bicyclic) bond motifs is 5. The first kappa shape index (κ1) is 17.5. The number of rotatable bonds is 6. The van der Waals surface area contributed by atoms with E-state index in [-0.39, 0.29) is 16.9 Å². The van der Waals surface area contributed by atoms with Gasteiger partial charge >= 0.3 is 0 Å². The molecule has 0 aliphatic heterocycles. The minimum atomic E-state index is -0.742. The maximum absolute atomic E-state index is 9.41. The van der Waals surface area contributed by atoms with Gasteiger partial charge in [0.05, 0.1) is 17.8 Å². The zero-order valence-corrected chi connectivity index (χ0v) is 25.2. The van der Waals surface area contributed by atoms with Crippen molar-refractivity contribution < 1.29 is 22.2 Å². The van der Waals surface area contributed by atoms with E-state index in [0.717, 1.165) is 27.1 Å². The van der Waals surface area contributed by atoms with Crippen molar-refractivity contribution in [2.24, 2.45) is 0 Å². The third kappa shape index (κ3) is 4.92. The number of benzene rings is 8. The van der Waals surface area contributed by atoms with Crippen molar-refractivity contribution in [3.8, 4) is 33.4 Å². The van der Waals surface area contributed by atoms with Crippen LogP contribution in [0.25, 0.3) is 66.1 Å². The summed E-state index contributed by atoms with van der Waals surface area (Å²) in [5, 5.41) is 3.59. The molecule has 0 saturated heterocycles. The van der Waals surface area contributed by atoms with E-state index in [1.165, 1.54) is 4.90 Å². The van der Waals surface area contributed by atoms with E-state index in [1.807, 2.05) is 60.7 Å². The first-order chi connectivity index (χ1) is 29.2. The normalized spacial score (nSPS) is 15.1. The molecule has 0 fully saturated rings. The topological polar surface area (TPSA) is 16.4 Å². The summed E-state index contributed by atoms with van der Waals surface area (Å²) < 4.78 is 122. The fourth-order valence-corrected chi connectivity index (χ4v) is 6.06. The molecular weight excluding hydrogens is 583 g/mol. The van der Waals surface area contributed by atoms with Gasteiger partial charge in [0.15, 0.2) is 0 Å². The van der Waals surface area contributed by atoms with Crippen LogP contribution in [-0.4, -0.2) is 0 Å². The largest absolute Gasteiger partial charge is 0.455 e. The Balaban J connectivity index is 1.34. The maximum Gasteiger partial charge on any atom is 0.143 e. The molecule has 48 heavy (non-hydrogen) atoms. The van der Waals surface area contributed by atoms with Gasteiger partial charge in [0.2, 0.25) is 0 Å². The summed E-state index contributed by atoms with van der Waals surface area (Å²) in [6.45, 7) is 0. The van der Waals surface area contributed by atoms with Gasteiger partial charge in [-0.2, -0.15) is 0 Å². The fourth-order valence-electron chi connectivity index (χ4n) is 6.06. The summed E-state index contributed by atoms with van der Waals surface area (Å²) in [5.41, 5.74) is 1.43. The van der Waals surface area contributed by atoms with Gasteiger partial charge in [-0.15, -0.1) is 0 Å². The van der Waals surface area contributed by atoms with Crippen LogP contribution in [0.2, 0.25) is 0 Å². The molecule has 226 valence electrons. The Bertz CT molecular complexity index is 3220. The fraction of sp³-hybridized carbons (Fsp3) is 0. The summed E-state index contributed by atoms with van der Waals surface area (Å²) in [7, 11) is 0. The molecule has 9 aromatic rings. The van der Waals surface area contributed by atoms with Crippen molar-refractivity contribution in [1.82, 2.24) is 0 Å². The maximum atomic E-state index is 9.41. The highest BCUT2D eigenvalue weighted by atomic mass is 16.3. The molecule has 0 amide bonds. The standard InChI is InChI=1S/C46H31NO/c1-3-11-32(12-4-1)34-21-26-38(27-22-34)47(39-28-23-35(24-29-39)33-13-5-2-6-14-33)40-17-9-16-37(31-40)41-19-10-20-44-45(41)43-30-25-36-15-7-8-18-42(36)46(43)48-44/h1-31H/i1D,3D,4D,11D,12D,21D,22D,23D,24D,26D,27D,28D,29D. The Morgan fingerprint density at radius 1 is 0.438 bits per heavy atom. The monoisotopic (exact) mass is 626 g/mol. The molecule has 0 radical (unpaired) electrons. The molecule has 0 bridgehead atoms. The van der Waals surface area contributed by atoms with Crippen LogP contribution in [-0.2, 0) is 0 Å². The average Bonchev–Trinajstić information content (AvgIpc) is 3.67. The number of furan rings is 1. The number of hydrogen-bond donors (Lipinski definition) is 0. The Morgan fingerprint density at radius 3 is 1.85 bits per heavy atom. The van der Waals surface area contributed by atoms with Crippen LogP contribution in [0.1, 0.15) is 17.8 Å². The van der Waals surface area contributed by atoms with Crippen LogP contribution in [0.4, 0.5) is 17.1 Å². The van der Waals surface area contributed by atoms with E-state index < -0.39 is 95.4 Å². The van der Waals surface area contributed by atoms with Gasteiger partial charge in [0.1, 0.15) is 11.2 Å². The van der Waals surface area contributed by atoms with Gasteiger partial charge in [-0.05, 0) is 87.2 Å². The van der Waals surface area contributed by atoms with E-state index in [4.69, 9.17) is 14.0 Å². The second-order valence-corrected chi connectivity index (χ2v) is 11.1. The molecule has 9 rings (SSSR count). The van der Waals surface area contributed by atoms with Gasteiger partial charge < -0.3 is 9.32 Å². The van der Waals surface area contributed by atoms with Crippen LogP contribution in [0, 0.1) is 0 Å². The number of hydrogen-bond acceptors (Lipinski definition) is 2. The molecule has 1 aromatic heterocycles. The third-order valence-corrected chi connectivity index (χ3v) is 8.29. The Hall–Kier alpha value is -6.38. The number of anilines is 3. The van der Waals surface area contributed by atoms with Gasteiger partial charge in [0.25, 0.3) is 0 Å². The van der Waals surface area contributed by atoms with Crippen LogP contribution in [0.15, 0.2) is 192 Å². The summed E-state index contributed by atoms with van der Waals surface area (Å²) >= 11 is 0. The van der Waals surface area contributed by atoms with Crippen molar-refractivity contribution in [3.05, 3.63) is 188 Å². The summed E-state index contributed by atoms with van der Waals surface area (Å²) in [5.74, 6) is 0. The summed E-state index contributed by atoms with van der Waals surface area (Å²) in [4.78, 5) is 1.17. The average molecular weight is 627 g/mol. The summed E-state index contributed by atoms with van der Waals surface area (Å²) in [6.07, 6.45) is 0. The van der Waals surface area contributed by atoms with Crippen LogP contribution < -0.4 is 4.90 Å². The lowest BCUT2D eigenvalue weighted by atomic mass is 9.97. The predicted octanol–water partition coefficient (Wildman–Crippen LogP) is 13.2. The molecule has 1 heterocycles. The molecule has 0 spiro atoms. The van der Waals surface area contributed by atoms with E-state index >= 15 is 0 Å². The second kappa shape index (κ2) is 11.8. The molecule has 2 nitrogen and oxygen atoms in total. The third-order valence-electron chi connectivity index (χ3n) is 8.29. The lowest BCUT2D eigenvalue weighted by Gasteiger charge is -2.26. The molecule has 0 saturated carbocycles. The Labute approximate surface area is 298 Å². The zero-order chi connectivity index (χ0) is 43.2. The van der Waals surface area contributed by atoms with E-state index in [0.29, 0.717) is 22.3 Å². The Morgan fingerprint density at radius 2 is 1.08 bits per heavy atom. The summed E-state index contributed by atoms with van der Waals surface area (Å²) in [6, 6.07) is 24.5. The highest BCUT2D eigenvalue weighted by Gasteiger charge is 2.17. The van der Waals surface area contributed by atoms with Crippen molar-refractivity contribution >= 4 is 49.8 Å². The smallest absolute Gasteiger partial charge is 0.143 e. The van der Waals surface area contributed by atoms with E-state index in [2.05, 4.69) is 0 Å². The highest BCUT2D eigenvalue weighted by Crippen LogP contribution is 2.42. The van der Waals surface area contributed by atoms with Crippen molar-refractivity contribution in [1.29, 1.82) is 0 Å². The first-order valence-electron chi connectivity index (χ1n) is 21.8. The zero-order valence-electron chi connectivity index (χ0n) is 38.2. The van der Waals surface area contributed by atoms with Crippen LogP contribution >= 0.6 is 0 Å². The predicted molar refractivity (Wildman–Crippen MR) is 202 cm³/mol. The van der Waals surface area contributed by atoms with Crippen LogP contribution in [0.5, 0.6) is 0 Å². The van der Waals surface area contributed by atoms with Crippen molar-refractivity contribution in [2.75, 3.05) is 4.90 Å². The molecule has 0 N–H and O–H groups in total. The van der Waals surface area contributed by atoms with E-state index in [1.54, 1.807) is 48.5 Å². The van der Waals surface area contributed by atoms with Gasteiger partial charge in [-0.3, -0.25) is 0 Å². The molecule has 0 unspecified atom stereocenters. The lowest BCUT2D eigenvalue weighted by Crippen LogP contribution is -2.10. The van der Waals surface area contributed by atoms with Crippen molar-refractivity contribution in [3.63, 3.8) is 0 Å². The molecule has 0 aliphatic carbocycles. The molecule has 8 aromatic carbocycles. The van der Waals surface area contributed by atoms with Gasteiger partial charge in [-0.1, -0.05) is 139 Å². The SMILES string of the molecule is [2H]c1c([2H])c([2H])c(-c2c([2H])c([2H])c(N(c3cccc(-c4cccc5oc6c7ccccc7ccc6c45)c3)c3c([2H])c([2H])c(-c4ccccc4)c([2H])c3[2H])c([2H])c2[2H])c([2H])c1[2H]. The van der Waals surface area contributed by atoms with Crippen LogP contribution in [0.3, 0.4) is 0 Å². The number of nitrogens with zero attached hydrogens (tertiary/aromatic N) is 1. The molecular formula is C46H31NO. The first-order valence-corrected chi connectivity index (χ1v) is 15.3. The van der Waals surface area contributed by atoms with Gasteiger partial charge in [-0.25, -0.2) is 0 Å².